The predicted molar refractivity (Wildman–Crippen MR) is 97.1 cm³/mol. The number of aryl methyl sites for hydroxylation is 1. The summed E-state index contributed by atoms with van der Waals surface area (Å²) in [6.45, 7) is 8.80. The number of ether oxygens (including phenoxy) is 2. The third-order valence-electron chi connectivity index (χ3n) is 3.66. The molecule has 0 fully saturated rings. The first-order valence-electron chi connectivity index (χ1n) is 8.25. The van der Waals surface area contributed by atoms with Crippen LogP contribution in [0.15, 0.2) is 60.7 Å². The summed E-state index contributed by atoms with van der Waals surface area (Å²) in [5.74, 6) is 0.124. The third kappa shape index (κ3) is 5.36. The van der Waals surface area contributed by atoms with Crippen LogP contribution < -0.4 is 4.74 Å². The van der Waals surface area contributed by atoms with E-state index in [2.05, 4.69) is 30.8 Å². The zero-order valence-corrected chi connectivity index (χ0v) is 14.4. The molecular formula is C21H24O3. The van der Waals surface area contributed by atoms with E-state index in [-0.39, 0.29) is 0 Å². The molecule has 0 saturated carbocycles. The first-order chi connectivity index (χ1) is 11.6. The van der Waals surface area contributed by atoms with Crippen LogP contribution in [0.1, 0.15) is 25.8 Å². The van der Waals surface area contributed by atoms with Crippen molar-refractivity contribution < 1.29 is 14.3 Å². The van der Waals surface area contributed by atoms with Crippen LogP contribution in [0.5, 0.6) is 5.75 Å². The predicted octanol–water partition coefficient (Wildman–Crippen LogP) is 4.80. The van der Waals surface area contributed by atoms with Gasteiger partial charge in [-0.1, -0.05) is 43.0 Å². The maximum atomic E-state index is 11.5. The summed E-state index contributed by atoms with van der Waals surface area (Å²) in [6, 6.07) is 16.0. The minimum Gasteiger partial charge on any atom is -0.423 e. The maximum absolute atomic E-state index is 11.5. The number of hydrogen-bond acceptors (Lipinski definition) is 3. The van der Waals surface area contributed by atoms with E-state index in [9.17, 15) is 4.79 Å². The van der Waals surface area contributed by atoms with Gasteiger partial charge in [-0.3, -0.25) is 0 Å². The number of benzene rings is 2. The summed E-state index contributed by atoms with van der Waals surface area (Å²) in [4.78, 5) is 11.5. The molecule has 3 heteroatoms. The highest BCUT2D eigenvalue weighted by Crippen LogP contribution is 2.23. The minimum atomic E-state index is -0.404. The lowest BCUT2D eigenvalue weighted by atomic mass is 10.0. The molecule has 0 aliphatic carbocycles. The largest absolute Gasteiger partial charge is 0.423 e. The highest BCUT2D eigenvalue weighted by atomic mass is 16.5. The zero-order valence-electron chi connectivity index (χ0n) is 14.4. The minimum absolute atomic E-state index is 0.388. The summed E-state index contributed by atoms with van der Waals surface area (Å²) < 4.78 is 10.6. The van der Waals surface area contributed by atoms with Crippen molar-refractivity contribution in [3.63, 3.8) is 0 Å². The lowest BCUT2D eigenvalue weighted by Crippen LogP contribution is -2.07. The second-order valence-electron chi connectivity index (χ2n) is 5.69. The van der Waals surface area contributed by atoms with E-state index in [0.717, 1.165) is 37.2 Å². The van der Waals surface area contributed by atoms with Gasteiger partial charge in [0.1, 0.15) is 5.75 Å². The van der Waals surface area contributed by atoms with E-state index in [0.29, 0.717) is 11.3 Å². The molecule has 0 radical (unpaired) electrons. The Morgan fingerprint density at radius 1 is 1.00 bits per heavy atom. The van der Waals surface area contributed by atoms with E-state index in [1.807, 2.05) is 19.1 Å². The number of rotatable bonds is 8. The van der Waals surface area contributed by atoms with Crippen molar-refractivity contribution in [2.75, 3.05) is 13.2 Å². The molecule has 3 nitrogen and oxygen atoms in total. The van der Waals surface area contributed by atoms with Gasteiger partial charge in [-0.05, 0) is 55.5 Å². The van der Waals surface area contributed by atoms with Crippen LogP contribution in [-0.4, -0.2) is 19.2 Å². The first kappa shape index (κ1) is 18.0. The van der Waals surface area contributed by atoms with Gasteiger partial charge in [0.05, 0.1) is 0 Å². The van der Waals surface area contributed by atoms with Crippen LogP contribution >= 0.6 is 0 Å². The maximum Gasteiger partial charge on any atom is 0.338 e. The summed E-state index contributed by atoms with van der Waals surface area (Å²) >= 11 is 0. The Morgan fingerprint density at radius 3 is 2.12 bits per heavy atom. The Morgan fingerprint density at radius 2 is 1.58 bits per heavy atom. The molecule has 0 N–H and O–H groups in total. The SMILES string of the molecule is C=C(C)C(=O)Oc1ccc(-c2ccc(CCCOCC)cc2)cc1. The van der Waals surface area contributed by atoms with Crippen LogP contribution in [0, 0.1) is 0 Å². The highest BCUT2D eigenvalue weighted by Gasteiger charge is 2.05. The van der Waals surface area contributed by atoms with E-state index >= 15 is 0 Å². The summed E-state index contributed by atoms with van der Waals surface area (Å²) in [5.41, 5.74) is 3.93. The van der Waals surface area contributed by atoms with Crippen LogP contribution in [0.2, 0.25) is 0 Å². The van der Waals surface area contributed by atoms with Gasteiger partial charge in [0.25, 0.3) is 0 Å². The summed E-state index contributed by atoms with van der Waals surface area (Å²) in [7, 11) is 0. The van der Waals surface area contributed by atoms with Crippen LogP contribution in [0.4, 0.5) is 0 Å². The van der Waals surface area contributed by atoms with E-state index in [1.54, 1.807) is 19.1 Å². The third-order valence-corrected chi connectivity index (χ3v) is 3.66. The molecule has 24 heavy (non-hydrogen) atoms. The fourth-order valence-corrected chi connectivity index (χ4v) is 2.30. The van der Waals surface area contributed by atoms with Crippen LogP contribution in [-0.2, 0) is 16.0 Å². The average Bonchev–Trinajstić information content (AvgIpc) is 2.60. The van der Waals surface area contributed by atoms with E-state index < -0.39 is 5.97 Å². The van der Waals surface area contributed by atoms with Gasteiger partial charge >= 0.3 is 5.97 Å². The number of carbonyl (C=O) groups is 1. The molecule has 2 rings (SSSR count). The second kappa shape index (κ2) is 9.04. The average molecular weight is 324 g/mol. The number of hydrogen-bond donors (Lipinski definition) is 0. The molecule has 0 aliphatic heterocycles. The van der Waals surface area contributed by atoms with Crippen molar-refractivity contribution >= 4 is 5.97 Å². The Balaban J connectivity index is 1.96. The van der Waals surface area contributed by atoms with Gasteiger partial charge in [-0.15, -0.1) is 0 Å². The number of esters is 1. The first-order valence-corrected chi connectivity index (χ1v) is 8.25. The van der Waals surface area contributed by atoms with Gasteiger partial charge in [0.15, 0.2) is 0 Å². The molecule has 0 unspecified atom stereocenters. The van der Waals surface area contributed by atoms with Gasteiger partial charge in [0.2, 0.25) is 0 Å². The smallest absolute Gasteiger partial charge is 0.338 e. The molecule has 0 amide bonds. The standard InChI is InChI=1S/C21H24O3/c1-4-23-15-5-6-17-7-9-18(10-8-17)19-11-13-20(14-12-19)24-21(22)16(2)3/h7-14H,2,4-6,15H2,1,3H3. The summed E-state index contributed by atoms with van der Waals surface area (Å²) in [6.07, 6.45) is 2.06. The molecule has 0 atom stereocenters. The lowest BCUT2D eigenvalue weighted by Gasteiger charge is -2.07. The van der Waals surface area contributed by atoms with Gasteiger partial charge in [0, 0.05) is 18.8 Å². The molecule has 0 aromatic heterocycles. The molecule has 0 saturated heterocycles. The van der Waals surface area contributed by atoms with Crippen molar-refractivity contribution in [2.45, 2.75) is 26.7 Å². The van der Waals surface area contributed by atoms with Gasteiger partial charge in [-0.2, -0.15) is 0 Å². The Kier molecular flexibility index (Phi) is 6.76. The molecule has 2 aromatic rings. The van der Waals surface area contributed by atoms with Crippen molar-refractivity contribution in [3.05, 3.63) is 66.2 Å². The molecule has 0 aliphatic rings. The fraction of sp³-hybridized carbons (Fsp3) is 0.286. The van der Waals surface area contributed by atoms with Crippen molar-refractivity contribution in [2.24, 2.45) is 0 Å². The fourth-order valence-electron chi connectivity index (χ4n) is 2.30. The topological polar surface area (TPSA) is 35.5 Å². The molecule has 2 aromatic carbocycles. The van der Waals surface area contributed by atoms with Crippen molar-refractivity contribution in [1.29, 1.82) is 0 Å². The summed E-state index contributed by atoms with van der Waals surface area (Å²) in [5, 5.41) is 0. The monoisotopic (exact) mass is 324 g/mol. The van der Waals surface area contributed by atoms with Gasteiger partial charge in [-0.25, -0.2) is 4.79 Å². The molecule has 126 valence electrons. The molecular weight excluding hydrogens is 300 g/mol. The Bertz CT molecular complexity index is 669. The molecule has 0 spiro atoms. The zero-order chi connectivity index (χ0) is 17.4. The Hall–Kier alpha value is -2.39. The van der Waals surface area contributed by atoms with Crippen molar-refractivity contribution in [1.82, 2.24) is 0 Å². The van der Waals surface area contributed by atoms with Gasteiger partial charge < -0.3 is 9.47 Å². The second-order valence-corrected chi connectivity index (χ2v) is 5.69. The van der Waals surface area contributed by atoms with E-state index in [4.69, 9.17) is 9.47 Å². The number of carbonyl (C=O) groups excluding carboxylic acids is 1. The highest BCUT2D eigenvalue weighted by molar-refractivity contribution is 5.88. The molecule has 0 heterocycles. The Labute approximate surface area is 143 Å². The molecule has 0 bridgehead atoms. The van der Waals surface area contributed by atoms with Crippen molar-refractivity contribution in [3.8, 4) is 16.9 Å². The lowest BCUT2D eigenvalue weighted by molar-refractivity contribution is -0.130. The van der Waals surface area contributed by atoms with Crippen LogP contribution in [0.3, 0.4) is 0 Å². The van der Waals surface area contributed by atoms with E-state index in [1.165, 1.54) is 5.56 Å². The quantitative estimate of drug-likeness (QED) is 0.303. The normalized spacial score (nSPS) is 10.4. The van der Waals surface area contributed by atoms with Crippen LogP contribution in [0.25, 0.3) is 11.1 Å².